The van der Waals surface area contributed by atoms with Gasteiger partial charge in [-0.3, -0.25) is 0 Å². The zero-order valence-electron chi connectivity index (χ0n) is 24.2. The molecule has 10 nitrogen and oxygen atoms in total. The molecule has 1 unspecified atom stereocenters. The molecule has 1 saturated heterocycles. The predicted molar refractivity (Wildman–Crippen MR) is 179 cm³/mol. The van der Waals surface area contributed by atoms with Crippen LogP contribution in [0.2, 0.25) is 10.0 Å². The molecule has 3 heterocycles. The van der Waals surface area contributed by atoms with Crippen LogP contribution >= 0.6 is 23.2 Å². The van der Waals surface area contributed by atoms with Crippen LogP contribution < -0.4 is 15.5 Å². The van der Waals surface area contributed by atoms with Gasteiger partial charge >= 0.3 is 0 Å². The summed E-state index contributed by atoms with van der Waals surface area (Å²) in [6.07, 6.45) is 6.65. The number of para-hydroxylation sites is 1. The quantitative estimate of drug-likeness (QED) is 0.113. The van der Waals surface area contributed by atoms with E-state index in [1.54, 1.807) is 60.9 Å². The minimum Gasteiger partial charge on any atom is -0.355 e. The molecule has 0 spiro atoms. The van der Waals surface area contributed by atoms with Gasteiger partial charge in [-0.25, -0.2) is 22.4 Å². The smallest absolute Gasteiger partial charge is 0.269 e. The second kappa shape index (κ2) is 12.8. The number of halogens is 2. The monoisotopic (exact) mass is 658 g/mol. The first-order chi connectivity index (χ1) is 21.7. The van der Waals surface area contributed by atoms with Crippen molar-refractivity contribution in [3.63, 3.8) is 0 Å². The lowest BCUT2D eigenvalue weighted by Crippen LogP contribution is -2.35. The van der Waals surface area contributed by atoms with Crippen molar-refractivity contribution in [3.8, 4) is 6.19 Å². The van der Waals surface area contributed by atoms with Crippen LogP contribution in [0.4, 0.5) is 17.2 Å². The molecule has 1 atom stereocenters. The summed E-state index contributed by atoms with van der Waals surface area (Å²) in [7, 11) is -3.83. The Morgan fingerprint density at radius 1 is 1.02 bits per heavy atom. The number of fused-ring (bicyclic) bond motifs is 1. The maximum atomic E-state index is 13.5. The first kappa shape index (κ1) is 30.4. The van der Waals surface area contributed by atoms with Gasteiger partial charge in [0.1, 0.15) is 12.1 Å². The fourth-order valence-electron chi connectivity index (χ4n) is 5.51. The lowest BCUT2D eigenvalue weighted by Gasteiger charge is -2.34. The number of anilines is 3. The van der Waals surface area contributed by atoms with E-state index in [4.69, 9.17) is 23.2 Å². The highest BCUT2D eigenvalue weighted by molar-refractivity contribution is 7.90. The molecule has 13 heteroatoms. The second-order valence-electron chi connectivity index (χ2n) is 10.7. The summed E-state index contributed by atoms with van der Waals surface area (Å²) in [5.41, 5.74) is 3.59. The van der Waals surface area contributed by atoms with Gasteiger partial charge in [0.15, 0.2) is 5.65 Å². The second-order valence-corrected chi connectivity index (χ2v) is 13.3. The van der Waals surface area contributed by atoms with Crippen LogP contribution in [0.3, 0.4) is 0 Å². The lowest BCUT2D eigenvalue weighted by atomic mass is 9.90. The Bertz CT molecular complexity index is 2040. The van der Waals surface area contributed by atoms with Crippen LogP contribution in [0.15, 0.2) is 95.2 Å². The number of aromatic nitrogens is 3. The van der Waals surface area contributed by atoms with Crippen LogP contribution in [0.1, 0.15) is 29.9 Å². The normalized spacial score (nSPS) is 15.6. The lowest BCUT2D eigenvalue weighted by molar-refractivity contribution is 0.508. The topological polar surface area (TPSA) is 128 Å². The molecule has 2 N–H and O–H groups in total. The number of rotatable bonds is 6. The number of nitrogens with zero attached hydrogens (tertiary/aromatic N) is 6. The number of aryl methyl sites for hydroxylation is 1. The Kier molecular flexibility index (Phi) is 8.63. The van der Waals surface area contributed by atoms with Crippen molar-refractivity contribution < 1.29 is 8.42 Å². The molecule has 6 rings (SSSR count). The van der Waals surface area contributed by atoms with Crippen molar-refractivity contribution in [2.24, 2.45) is 4.99 Å². The Hall–Kier alpha value is -4.63. The van der Waals surface area contributed by atoms with Gasteiger partial charge in [0.05, 0.1) is 26.0 Å². The van der Waals surface area contributed by atoms with Gasteiger partial charge in [0, 0.05) is 30.9 Å². The first-order valence-corrected chi connectivity index (χ1v) is 16.4. The summed E-state index contributed by atoms with van der Waals surface area (Å²) in [5.74, 6) is 1.05. The number of hydrogen-bond acceptors (Lipinski definition) is 7. The number of piperidine rings is 1. The standard InChI is InChI=1S/C32H28Cl2N8O2S/c1-21-10-12-25(13-11-21)45(43,44)42-16-14-26-30(37-20-38-31(26)42)41-15-4-6-23(18-41)22-5-2-7-24(17-22)39-32(36-19-35)40-29-27(33)8-3-9-28(29)34/h2-3,5,7-14,16-17,20,23H,4,6,15,18H2,1H3,(H2,36,39,40). The van der Waals surface area contributed by atoms with Crippen LogP contribution in [0, 0.1) is 18.4 Å². The number of aliphatic imine (C=N–C) groups is 1. The van der Waals surface area contributed by atoms with E-state index in [0.29, 0.717) is 39.1 Å². The van der Waals surface area contributed by atoms with Crippen molar-refractivity contribution in [3.05, 3.63) is 106 Å². The van der Waals surface area contributed by atoms with Gasteiger partial charge in [-0.15, -0.1) is 4.99 Å². The fourth-order valence-corrected chi connectivity index (χ4v) is 7.30. The minimum absolute atomic E-state index is 0.172. The van der Waals surface area contributed by atoms with E-state index in [1.165, 1.54) is 10.3 Å². The van der Waals surface area contributed by atoms with E-state index in [2.05, 4.69) is 36.6 Å². The third kappa shape index (κ3) is 6.31. The van der Waals surface area contributed by atoms with Gasteiger partial charge in [-0.05, 0) is 67.8 Å². The molecule has 0 saturated carbocycles. The van der Waals surface area contributed by atoms with Crippen LogP contribution in [0.5, 0.6) is 0 Å². The minimum atomic E-state index is -3.83. The summed E-state index contributed by atoms with van der Waals surface area (Å²) in [6, 6.07) is 21.6. The predicted octanol–water partition coefficient (Wildman–Crippen LogP) is 7.03. The van der Waals surface area contributed by atoms with E-state index >= 15 is 0 Å². The molecule has 2 aromatic heterocycles. The third-order valence-electron chi connectivity index (χ3n) is 7.71. The first-order valence-electron chi connectivity index (χ1n) is 14.2. The van der Waals surface area contributed by atoms with Crippen molar-refractivity contribution in [2.75, 3.05) is 28.6 Å². The van der Waals surface area contributed by atoms with Crippen LogP contribution in [-0.4, -0.2) is 41.4 Å². The van der Waals surface area contributed by atoms with Gasteiger partial charge in [-0.2, -0.15) is 5.26 Å². The zero-order valence-corrected chi connectivity index (χ0v) is 26.5. The SMILES string of the molecule is Cc1ccc(S(=O)(=O)n2ccc3c(N4CCCC(c5cccc(N/C(=N\C#N)Nc6c(Cl)cccc6Cl)c5)C4)ncnc32)cc1. The van der Waals surface area contributed by atoms with Crippen molar-refractivity contribution >= 4 is 67.4 Å². The maximum Gasteiger partial charge on any atom is 0.269 e. The molecular formula is C32H28Cl2N8O2S. The Labute approximate surface area is 271 Å². The molecule has 0 bridgehead atoms. The highest BCUT2D eigenvalue weighted by Gasteiger charge is 2.27. The van der Waals surface area contributed by atoms with E-state index in [1.807, 2.05) is 25.1 Å². The summed E-state index contributed by atoms with van der Waals surface area (Å²) in [4.78, 5) is 15.2. The van der Waals surface area contributed by atoms with E-state index in [-0.39, 0.29) is 16.8 Å². The Morgan fingerprint density at radius 2 is 1.78 bits per heavy atom. The molecule has 0 amide bonds. The van der Waals surface area contributed by atoms with Crippen LogP contribution in [0.25, 0.3) is 11.0 Å². The Morgan fingerprint density at radius 3 is 2.53 bits per heavy atom. The highest BCUT2D eigenvalue weighted by Crippen LogP contribution is 2.34. The van der Waals surface area contributed by atoms with Crippen molar-refractivity contribution in [1.82, 2.24) is 13.9 Å². The maximum absolute atomic E-state index is 13.5. The van der Waals surface area contributed by atoms with Gasteiger partial charge in [0.25, 0.3) is 10.0 Å². The van der Waals surface area contributed by atoms with E-state index in [0.717, 1.165) is 36.2 Å². The molecule has 1 aliphatic heterocycles. The molecule has 5 aromatic rings. The molecule has 1 aliphatic rings. The average Bonchev–Trinajstić information content (AvgIpc) is 3.49. The van der Waals surface area contributed by atoms with Gasteiger partial charge in [0.2, 0.25) is 12.2 Å². The molecule has 1 fully saturated rings. The number of hydrogen-bond donors (Lipinski definition) is 2. The van der Waals surface area contributed by atoms with Crippen LogP contribution in [-0.2, 0) is 10.0 Å². The zero-order chi connectivity index (χ0) is 31.6. The molecule has 228 valence electrons. The largest absolute Gasteiger partial charge is 0.355 e. The summed E-state index contributed by atoms with van der Waals surface area (Å²) in [5, 5.41) is 16.9. The van der Waals surface area contributed by atoms with E-state index in [9.17, 15) is 13.7 Å². The number of benzene rings is 3. The van der Waals surface area contributed by atoms with Crippen molar-refractivity contribution in [1.29, 1.82) is 5.26 Å². The molecule has 3 aromatic carbocycles. The fraction of sp³-hybridized carbons (Fsp3) is 0.188. The van der Waals surface area contributed by atoms with Gasteiger partial charge < -0.3 is 15.5 Å². The Balaban J connectivity index is 1.23. The molecule has 0 radical (unpaired) electrons. The molecule has 0 aliphatic carbocycles. The number of guanidine groups is 1. The average molecular weight is 660 g/mol. The summed E-state index contributed by atoms with van der Waals surface area (Å²) >= 11 is 12.6. The summed E-state index contributed by atoms with van der Waals surface area (Å²) in [6.45, 7) is 3.37. The summed E-state index contributed by atoms with van der Waals surface area (Å²) < 4.78 is 28.2. The third-order valence-corrected chi connectivity index (χ3v) is 10.0. The molecule has 45 heavy (non-hydrogen) atoms. The van der Waals surface area contributed by atoms with Crippen molar-refractivity contribution in [2.45, 2.75) is 30.6 Å². The number of nitriles is 1. The van der Waals surface area contributed by atoms with Gasteiger partial charge in [-0.1, -0.05) is 59.1 Å². The molecular weight excluding hydrogens is 631 g/mol. The number of nitrogens with one attached hydrogen (secondary N) is 2. The van der Waals surface area contributed by atoms with E-state index < -0.39 is 10.0 Å². The highest BCUT2D eigenvalue weighted by atomic mass is 35.5.